The molecule has 2 nitrogen and oxygen atoms in total. The van der Waals surface area contributed by atoms with Crippen molar-refractivity contribution >= 4 is 5.78 Å². The lowest BCUT2D eigenvalue weighted by atomic mass is 9.91. The average Bonchev–Trinajstić information content (AvgIpc) is 2.37. The van der Waals surface area contributed by atoms with Crippen molar-refractivity contribution in [3.63, 3.8) is 0 Å². The normalized spacial score (nSPS) is 12.4. The summed E-state index contributed by atoms with van der Waals surface area (Å²) in [7, 11) is 0. The average molecular weight is 232 g/mol. The minimum absolute atomic E-state index is 0.164. The molecule has 3 rings (SSSR count). The Balaban J connectivity index is 1.59. The standard InChI is InChI=1S/C15H20O2/c1-2-3-4-5-6-7-8-17-14-10-12-9-13(11-14)15(12)16/h9-11H,2-8H2,1H3. The van der Waals surface area contributed by atoms with E-state index >= 15 is 0 Å². The number of ketones is 1. The van der Waals surface area contributed by atoms with Gasteiger partial charge in [0.2, 0.25) is 0 Å². The monoisotopic (exact) mass is 232 g/mol. The van der Waals surface area contributed by atoms with E-state index in [0.717, 1.165) is 29.9 Å². The Morgan fingerprint density at radius 2 is 1.59 bits per heavy atom. The number of hydrogen-bond acceptors (Lipinski definition) is 2. The summed E-state index contributed by atoms with van der Waals surface area (Å²) in [6.07, 6.45) is 7.63. The highest BCUT2D eigenvalue weighted by atomic mass is 16.5. The second kappa shape index (κ2) is 5.85. The van der Waals surface area contributed by atoms with Gasteiger partial charge in [-0.1, -0.05) is 39.0 Å². The highest BCUT2D eigenvalue weighted by Crippen LogP contribution is 2.28. The van der Waals surface area contributed by atoms with E-state index in [2.05, 4.69) is 6.92 Å². The molecule has 0 atom stereocenters. The summed E-state index contributed by atoms with van der Waals surface area (Å²) in [5.74, 6) is 1.02. The number of unbranched alkanes of at least 4 members (excludes halogenated alkanes) is 5. The van der Waals surface area contributed by atoms with Gasteiger partial charge in [0, 0.05) is 11.1 Å². The van der Waals surface area contributed by atoms with Crippen LogP contribution in [0.5, 0.6) is 5.75 Å². The molecule has 0 radical (unpaired) electrons. The molecule has 0 N–H and O–H groups in total. The SMILES string of the molecule is CCCCCCCCOc1cc2cc(c1)C2=O. The van der Waals surface area contributed by atoms with Crippen molar-refractivity contribution in [2.75, 3.05) is 6.61 Å². The second-order valence-corrected chi connectivity index (χ2v) is 4.69. The molecule has 0 spiro atoms. The van der Waals surface area contributed by atoms with E-state index in [9.17, 15) is 4.79 Å². The van der Waals surface area contributed by atoms with Gasteiger partial charge in [-0.25, -0.2) is 0 Å². The Morgan fingerprint density at radius 3 is 2.24 bits per heavy atom. The Labute approximate surface area is 103 Å². The maximum absolute atomic E-state index is 11.2. The molecule has 1 aromatic carbocycles. The van der Waals surface area contributed by atoms with Gasteiger partial charge in [0.25, 0.3) is 0 Å². The number of carbonyl (C=O) groups excluding carboxylic acids is 1. The summed E-state index contributed by atoms with van der Waals surface area (Å²) in [4.78, 5) is 11.2. The van der Waals surface area contributed by atoms with Gasteiger partial charge in [0.15, 0.2) is 5.78 Å². The first kappa shape index (κ1) is 12.2. The fourth-order valence-electron chi connectivity index (χ4n) is 2.11. The predicted molar refractivity (Wildman–Crippen MR) is 68.7 cm³/mol. The number of fused-ring (bicyclic) bond motifs is 2. The zero-order valence-electron chi connectivity index (χ0n) is 10.5. The van der Waals surface area contributed by atoms with Crippen LogP contribution in [0, 0.1) is 0 Å². The molecule has 0 unspecified atom stereocenters. The molecule has 2 aliphatic rings. The Bertz CT molecular complexity index is 372. The molecule has 2 aliphatic carbocycles. The van der Waals surface area contributed by atoms with Crippen molar-refractivity contribution in [1.82, 2.24) is 0 Å². The zero-order chi connectivity index (χ0) is 12.1. The zero-order valence-corrected chi connectivity index (χ0v) is 10.5. The fraction of sp³-hybridized carbons (Fsp3) is 0.533. The summed E-state index contributed by atoms with van der Waals surface area (Å²) >= 11 is 0. The topological polar surface area (TPSA) is 26.3 Å². The molecule has 17 heavy (non-hydrogen) atoms. The third kappa shape index (κ3) is 3.09. The van der Waals surface area contributed by atoms with Gasteiger partial charge >= 0.3 is 0 Å². The summed E-state index contributed by atoms with van der Waals surface area (Å²) in [6.45, 7) is 3.00. The van der Waals surface area contributed by atoms with E-state index in [1.54, 1.807) is 0 Å². The Hall–Kier alpha value is -1.31. The molecule has 0 fully saturated rings. The van der Waals surface area contributed by atoms with Crippen LogP contribution in [0.4, 0.5) is 0 Å². The van der Waals surface area contributed by atoms with Gasteiger partial charge in [0.1, 0.15) is 5.75 Å². The lowest BCUT2D eigenvalue weighted by Crippen LogP contribution is -2.13. The van der Waals surface area contributed by atoms with E-state index < -0.39 is 0 Å². The number of ether oxygens (including phenoxy) is 1. The highest BCUT2D eigenvalue weighted by Gasteiger charge is 2.21. The van der Waals surface area contributed by atoms with Crippen molar-refractivity contribution in [2.45, 2.75) is 45.4 Å². The van der Waals surface area contributed by atoms with Gasteiger partial charge in [0.05, 0.1) is 6.61 Å². The first-order valence-electron chi connectivity index (χ1n) is 6.64. The molecule has 2 heteroatoms. The molecule has 92 valence electrons. The van der Waals surface area contributed by atoms with Gasteiger partial charge in [-0.05, 0) is 24.6 Å². The largest absolute Gasteiger partial charge is 0.494 e. The van der Waals surface area contributed by atoms with Crippen LogP contribution in [0.2, 0.25) is 0 Å². The van der Waals surface area contributed by atoms with Gasteiger partial charge < -0.3 is 4.74 Å². The second-order valence-electron chi connectivity index (χ2n) is 4.69. The molecule has 0 saturated heterocycles. The Morgan fingerprint density at radius 1 is 0.941 bits per heavy atom. The van der Waals surface area contributed by atoms with Crippen molar-refractivity contribution in [1.29, 1.82) is 0 Å². The number of benzene rings is 1. The Kier molecular flexibility index (Phi) is 4.18. The molecular formula is C15H20O2. The minimum Gasteiger partial charge on any atom is -0.494 e. The molecular weight excluding hydrogens is 212 g/mol. The smallest absolute Gasteiger partial charge is 0.193 e. The van der Waals surface area contributed by atoms with Crippen LogP contribution in [0.15, 0.2) is 18.2 Å². The lowest BCUT2D eigenvalue weighted by Gasteiger charge is -2.16. The lowest BCUT2D eigenvalue weighted by molar-refractivity contribution is 0.102. The fourth-order valence-corrected chi connectivity index (χ4v) is 2.11. The van der Waals surface area contributed by atoms with Crippen molar-refractivity contribution in [3.05, 3.63) is 29.3 Å². The maximum atomic E-state index is 11.2. The maximum Gasteiger partial charge on any atom is 0.193 e. The van der Waals surface area contributed by atoms with E-state index in [1.807, 2.05) is 18.2 Å². The van der Waals surface area contributed by atoms with Crippen molar-refractivity contribution < 1.29 is 9.53 Å². The van der Waals surface area contributed by atoms with Crippen LogP contribution >= 0.6 is 0 Å². The third-order valence-corrected chi connectivity index (χ3v) is 3.20. The molecule has 0 aromatic heterocycles. The van der Waals surface area contributed by atoms with E-state index in [4.69, 9.17) is 4.74 Å². The van der Waals surface area contributed by atoms with E-state index in [0.29, 0.717) is 0 Å². The molecule has 0 saturated carbocycles. The molecule has 0 amide bonds. The molecule has 0 heterocycles. The first-order valence-corrected chi connectivity index (χ1v) is 6.64. The van der Waals surface area contributed by atoms with Crippen LogP contribution in [-0.2, 0) is 0 Å². The van der Waals surface area contributed by atoms with Gasteiger partial charge in [-0.3, -0.25) is 4.79 Å². The van der Waals surface area contributed by atoms with Crippen molar-refractivity contribution in [2.24, 2.45) is 0 Å². The van der Waals surface area contributed by atoms with Crippen LogP contribution in [0.25, 0.3) is 0 Å². The van der Waals surface area contributed by atoms with Crippen LogP contribution < -0.4 is 4.74 Å². The third-order valence-electron chi connectivity index (χ3n) is 3.20. The number of carbonyl (C=O) groups is 1. The van der Waals surface area contributed by atoms with E-state index in [-0.39, 0.29) is 5.78 Å². The molecule has 1 aromatic rings. The van der Waals surface area contributed by atoms with Crippen molar-refractivity contribution in [3.8, 4) is 5.75 Å². The summed E-state index contributed by atoms with van der Waals surface area (Å²) in [5, 5.41) is 0. The van der Waals surface area contributed by atoms with Crippen LogP contribution in [-0.4, -0.2) is 12.4 Å². The summed E-state index contributed by atoms with van der Waals surface area (Å²) < 4.78 is 5.63. The van der Waals surface area contributed by atoms with Gasteiger partial charge in [-0.15, -0.1) is 0 Å². The quantitative estimate of drug-likeness (QED) is 0.644. The minimum atomic E-state index is 0.164. The molecule has 0 aliphatic heterocycles. The number of hydrogen-bond donors (Lipinski definition) is 0. The summed E-state index contributed by atoms with van der Waals surface area (Å²) in [5.41, 5.74) is 1.58. The van der Waals surface area contributed by atoms with Gasteiger partial charge in [-0.2, -0.15) is 0 Å². The van der Waals surface area contributed by atoms with E-state index in [1.165, 1.54) is 32.1 Å². The van der Waals surface area contributed by atoms with Crippen LogP contribution in [0.1, 0.15) is 61.4 Å². The predicted octanol–water partition coefficient (Wildman–Crippen LogP) is 3.97. The molecule has 2 bridgehead atoms. The highest BCUT2D eigenvalue weighted by molar-refractivity contribution is 6.16. The first-order chi connectivity index (χ1) is 8.31. The van der Waals surface area contributed by atoms with Crippen LogP contribution in [0.3, 0.4) is 0 Å². The number of rotatable bonds is 8. The summed E-state index contributed by atoms with van der Waals surface area (Å²) in [6, 6.07) is 5.58.